The van der Waals surface area contributed by atoms with Gasteiger partial charge in [0.2, 0.25) is 5.96 Å². The molecular formula is C12H25N3. The molecule has 0 radical (unpaired) electrons. The molecule has 0 aromatic heterocycles. The molecule has 0 amide bonds. The molecule has 88 valence electrons. The van der Waals surface area contributed by atoms with Crippen LogP contribution in [0.4, 0.5) is 0 Å². The summed E-state index contributed by atoms with van der Waals surface area (Å²) in [7, 11) is 0. The third-order valence-electron chi connectivity index (χ3n) is 2.18. The molecule has 15 heavy (non-hydrogen) atoms. The molecule has 0 saturated carbocycles. The van der Waals surface area contributed by atoms with Gasteiger partial charge in [0.15, 0.2) is 0 Å². The van der Waals surface area contributed by atoms with Crippen LogP contribution < -0.4 is 0 Å². The fourth-order valence-corrected chi connectivity index (χ4v) is 1.57. The van der Waals surface area contributed by atoms with Crippen molar-refractivity contribution >= 4 is 11.7 Å². The Labute approximate surface area is 94.1 Å². The maximum atomic E-state index is 7.86. The number of guanidine groups is 1. The molecular weight excluding hydrogens is 186 g/mol. The zero-order chi connectivity index (χ0) is 11.8. The van der Waals surface area contributed by atoms with E-state index in [1.807, 2.05) is 11.8 Å². The summed E-state index contributed by atoms with van der Waals surface area (Å²) < 4.78 is 0. The number of nitrogens with one attached hydrogen (secondary N) is 1. The summed E-state index contributed by atoms with van der Waals surface area (Å²) >= 11 is 0. The topological polar surface area (TPSA) is 39.5 Å². The van der Waals surface area contributed by atoms with Crippen LogP contribution in [0, 0.1) is 11.3 Å². The van der Waals surface area contributed by atoms with E-state index in [0.717, 1.165) is 31.6 Å². The standard InChI is InChI=1S/C12H25N3/c1-6-8-15(7-2)12(13)14-11(5)9-10(3)4/h10,13H,6-9H2,1-5H3. The lowest BCUT2D eigenvalue weighted by molar-refractivity contribution is 0.432. The minimum Gasteiger partial charge on any atom is -0.342 e. The van der Waals surface area contributed by atoms with Crippen LogP contribution in [0.2, 0.25) is 0 Å². The zero-order valence-corrected chi connectivity index (χ0v) is 10.8. The molecule has 0 aliphatic heterocycles. The van der Waals surface area contributed by atoms with Crippen LogP contribution in [0.5, 0.6) is 0 Å². The lowest BCUT2D eigenvalue weighted by Gasteiger charge is -2.20. The zero-order valence-electron chi connectivity index (χ0n) is 10.8. The smallest absolute Gasteiger partial charge is 0.217 e. The predicted molar refractivity (Wildman–Crippen MR) is 67.8 cm³/mol. The Bertz CT molecular complexity index is 219. The highest BCUT2D eigenvalue weighted by Crippen LogP contribution is 2.03. The van der Waals surface area contributed by atoms with Crippen molar-refractivity contribution in [1.29, 1.82) is 5.41 Å². The first-order chi connectivity index (χ1) is 7.01. The van der Waals surface area contributed by atoms with E-state index in [1.54, 1.807) is 0 Å². The van der Waals surface area contributed by atoms with Crippen molar-refractivity contribution in [3.8, 4) is 0 Å². The van der Waals surface area contributed by atoms with E-state index < -0.39 is 0 Å². The molecule has 0 spiro atoms. The summed E-state index contributed by atoms with van der Waals surface area (Å²) in [6.07, 6.45) is 2.04. The van der Waals surface area contributed by atoms with Crippen LogP contribution in [0.1, 0.15) is 47.5 Å². The summed E-state index contributed by atoms with van der Waals surface area (Å²) in [6, 6.07) is 0. The fourth-order valence-electron chi connectivity index (χ4n) is 1.57. The molecule has 0 atom stereocenters. The van der Waals surface area contributed by atoms with Gasteiger partial charge in [-0.05, 0) is 32.6 Å². The average Bonchev–Trinajstić information content (AvgIpc) is 2.12. The maximum Gasteiger partial charge on any atom is 0.217 e. The summed E-state index contributed by atoms with van der Waals surface area (Å²) in [5.74, 6) is 1.03. The van der Waals surface area contributed by atoms with Crippen molar-refractivity contribution in [2.75, 3.05) is 13.1 Å². The Balaban J connectivity index is 4.29. The van der Waals surface area contributed by atoms with Gasteiger partial charge in [-0.1, -0.05) is 20.8 Å². The van der Waals surface area contributed by atoms with Crippen LogP contribution in [0.3, 0.4) is 0 Å². The van der Waals surface area contributed by atoms with Gasteiger partial charge in [0.25, 0.3) is 0 Å². The third kappa shape index (κ3) is 6.26. The van der Waals surface area contributed by atoms with Gasteiger partial charge >= 0.3 is 0 Å². The van der Waals surface area contributed by atoms with Crippen molar-refractivity contribution in [2.24, 2.45) is 10.9 Å². The lowest BCUT2D eigenvalue weighted by Crippen LogP contribution is -2.30. The maximum absolute atomic E-state index is 7.86. The van der Waals surface area contributed by atoms with Gasteiger partial charge in [0.05, 0.1) is 0 Å². The largest absolute Gasteiger partial charge is 0.342 e. The minimum absolute atomic E-state index is 0.414. The molecule has 0 aliphatic rings. The predicted octanol–water partition coefficient (Wildman–Crippen LogP) is 3.16. The second kappa shape index (κ2) is 7.43. The molecule has 0 aromatic carbocycles. The van der Waals surface area contributed by atoms with Crippen LogP contribution in [0.15, 0.2) is 4.99 Å². The van der Waals surface area contributed by atoms with Crippen molar-refractivity contribution in [3.05, 3.63) is 0 Å². The number of rotatable bonds is 5. The van der Waals surface area contributed by atoms with Crippen molar-refractivity contribution in [2.45, 2.75) is 47.5 Å². The second-order valence-electron chi connectivity index (χ2n) is 4.35. The highest BCUT2D eigenvalue weighted by atomic mass is 15.2. The first kappa shape index (κ1) is 14.1. The summed E-state index contributed by atoms with van der Waals surface area (Å²) in [5.41, 5.74) is 1.06. The summed E-state index contributed by atoms with van der Waals surface area (Å²) in [5, 5.41) is 7.86. The van der Waals surface area contributed by atoms with Gasteiger partial charge in [-0.3, -0.25) is 5.41 Å². The van der Waals surface area contributed by atoms with Gasteiger partial charge in [-0.25, -0.2) is 4.99 Å². The van der Waals surface area contributed by atoms with Gasteiger partial charge in [0, 0.05) is 18.8 Å². The van der Waals surface area contributed by atoms with E-state index in [4.69, 9.17) is 5.41 Å². The number of nitrogens with zero attached hydrogens (tertiary/aromatic N) is 2. The Morgan fingerprint density at radius 2 is 1.93 bits per heavy atom. The van der Waals surface area contributed by atoms with Crippen LogP contribution in [-0.4, -0.2) is 29.7 Å². The van der Waals surface area contributed by atoms with Crippen LogP contribution >= 0.6 is 0 Å². The minimum atomic E-state index is 0.414. The van der Waals surface area contributed by atoms with Gasteiger partial charge in [0.1, 0.15) is 0 Å². The van der Waals surface area contributed by atoms with Crippen LogP contribution in [-0.2, 0) is 0 Å². The Morgan fingerprint density at radius 3 is 2.33 bits per heavy atom. The fraction of sp³-hybridized carbons (Fsp3) is 0.833. The molecule has 0 aromatic rings. The molecule has 0 rings (SSSR count). The summed E-state index contributed by atoms with van der Waals surface area (Å²) in [6.45, 7) is 12.3. The number of aliphatic imine (C=N–C) groups is 1. The number of hydrogen-bond acceptors (Lipinski definition) is 1. The first-order valence-electron chi connectivity index (χ1n) is 5.88. The van der Waals surface area contributed by atoms with E-state index in [9.17, 15) is 0 Å². The van der Waals surface area contributed by atoms with Gasteiger partial charge < -0.3 is 4.90 Å². The van der Waals surface area contributed by atoms with Crippen molar-refractivity contribution < 1.29 is 0 Å². The van der Waals surface area contributed by atoms with E-state index in [-0.39, 0.29) is 0 Å². The molecule has 0 heterocycles. The highest BCUT2D eigenvalue weighted by molar-refractivity contribution is 5.94. The van der Waals surface area contributed by atoms with Gasteiger partial charge in [-0.2, -0.15) is 0 Å². The molecule has 3 heteroatoms. The monoisotopic (exact) mass is 211 g/mol. The molecule has 3 nitrogen and oxygen atoms in total. The molecule has 0 fully saturated rings. The number of hydrogen-bond donors (Lipinski definition) is 1. The lowest BCUT2D eigenvalue weighted by atomic mass is 10.1. The molecule has 0 saturated heterocycles. The van der Waals surface area contributed by atoms with E-state index in [0.29, 0.717) is 11.9 Å². The quantitative estimate of drug-likeness (QED) is 0.550. The molecule has 1 N–H and O–H groups in total. The molecule has 0 aliphatic carbocycles. The van der Waals surface area contributed by atoms with Crippen molar-refractivity contribution in [1.82, 2.24) is 4.90 Å². The van der Waals surface area contributed by atoms with E-state index >= 15 is 0 Å². The van der Waals surface area contributed by atoms with Crippen LogP contribution in [0.25, 0.3) is 0 Å². The Hall–Kier alpha value is -0.860. The average molecular weight is 211 g/mol. The third-order valence-corrected chi connectivity index (χ3v) is 2.18. The van der Waals surface area contributed by atoms with Crippen molar-refractivity contribution in [3.63, 3.8) is 0 Å². The van der Waals surface area contributed by atoms with E-state index in [2.05, 4.69) is 32.7 Å². The SMILES string of the molecule is CCCN(CC)C(=N)N=C(C)CC(C)C. The normalized spacial score (nSPS) is 12.0. The Kier molecular flexibility index (Phi) is 7.01. The van der Waals surface area contributed by atoms with E-state index in [1.165, 1.54) is 0 Å². The second-order valence-corrected chi connectivity index (χ2v) is 4.35. The summed E-state index contributed by atoms with van der Waals surface area (Å²) in [4.78, 5) is 6.34. The Morgan fingerprint density at radius 1 is 1.33 bits per heavy atom. The highest BCUT2D eigenvalue weighted by Gasteiger charge is 2.06. The van der Waals surface area contributed by atoms with Gasteiger partial charge in [-0.15, -0.1) is 0 Å². The molecule has 0 unspecified atom stereocenters. The molecule has 0 bridgehead atoms. The first-order valence-corrected chi connectivity index (χ1v) is 5.88.